The van der Waals surface area contributed by atoms with Crippen LogP contribution in [-0.4, -0.2) is 22.5 Å². The van der Waals surface area contributed by atoms with Crippen LogP contribution >= 0.6 is 12.2 Å². The highest BCUT2D eigenvalue weighted by Gasteiger charge is 2.15. The first-order chi connectivity index (χ1) is 13.4. The number of rotatable bonds is 8. The van der Waals surface area contributed by atoms with Crippen molar-refractivity contribution in [2.75, 3.05) is 11.9 Å². The number of nitro groups is 1. The minimum atomic E-state index is -0.488. The Labute approximate surface area is 169 Å². The van der Waals surface area contributed by atoms with E-state index in [0.717, 1.165) is 24.8 Å². The lowest BCUT2D eigenvalue weighted by Crippen LogP contribution is -2.34. The molecule has 2 aromatic rings. The molecule has 7 nitrogen and oxygen atoms in total. The first-order valence-corrected chi connectivity index (χ1v) is 9.42. The fraction of sp³-hybridized carbons (Fsp3) is 0.300. The molecule has 0 aliphatic heterocycles. The fourth-order valence-electron chi connectivity index (χ4n) is 2.50. The Morgan fingerprint density at radius 3 is 2.68 bits per heavy atom. The molecule has 0 heterocycles. The summed E-state index contributed by atoms with van der Waals surface area (Å²) in [5, 5.41) is 16.4. The molecule has 0 radical (unpaired) electrons. The predicted octanol–water partition coefficient (Wildman–Crippen LogP) is 4.60. The van der Waals surface area contributed by atoms with Gasteiger partial charge in [0.25, 0.3) is 11.6 Å². The van der Waals surface area contributed by atoms with Crippen LogP contribution < -0.4 is 15.4 Å². The number of nitrogens with one attached hydrogen (secondary N) is 2. The molecular weight excluding hydrogens is 378 g/mol. The number of nitro benzene ring substituents is 1. The van der Waals surface area contributed by atoms with E-state index >= 15 is 0 Å². The molecule has 0 fully saturated rings. The van der Waals surface area contributed by atoms with Crippen LogP contribution in [0.3, 0.4) is 0 Å². The molecule has 148 valence electrons. The van der Waals surface area contributed by atoms with Gasteiger partial charge in [-0.15, -0.1) is 0 Å². The first kappa shape index (κ1) is 21.3. The molecule has 8 heteroatoms. The zero-order valence-corrected chi connectivity index (χ0v) is 16.7. The number of ether oxygens (including phenoxy) is 1. The molecule has 0 saturated heterocycles. The van der Waals surface area contributed by atoms with Gasteiger partial charge in [0.1, 0.15) is 5.75 Å². The molecule has 0 aromatic heterocycles. The SMILES string of the molecule is CCCCCOc1ccccc1C(=O)NC(=S)Nc1cc([N+](=O)[O-])ccc1C. The van der Waals surface area contributed by atoms with E-state index in [4.69, 9.17) is 17.0 Å². The number of anilines is 1. The summed E-state index contributed by atoms with van der Waals surface area (Å²) < 4.78 is 5.72. The number of unbranched alkanes of at least 4 members (excludes halogenated alkanes) is 2. The van der Waals surface area contributed by atoms with Crippen molar-refractivity contribution in [1.82, 2.24) is 5.32 Å². The number of aryl methyl sites for hydroxylation is 1. The number of benzene rings is 2. The first-order valence-electron chi connectivity index (χ1n) is 9.01. The van der Waals surface area contributed by atoms with Crippen LogP contribution in [0.25, 0.3) is 0 Å². The molecule has 0 saturated carbocycles. The lowest BCUT2D eigenvalue weighted by Gasteiger charge is -2.14. The topological polar surface area (TPSA) is 93.5 Å². The summed E-state index contributed by atoms with van der Waals surface area (Å²) in [6, 6.07) is 11.3. The van der Waals surface area contributed by atoms with E-state index < -0.39 is 10.8 Å². The number of amides is 1. The number of non-ortho nitro benzene ring substituents is 1. The van der Waals surface area contributed by atoms with Crippen LogP contribution in [0.1, 0.15) is 42.1 Å². The third kappa shape index (κ3) is 6.02. The van der Waals surface area contributed by atoms with Gasteiger partial charge in [0, 0.05) is 17.8 Å². The molecule has 0 aliphatic carbocycles. The number of nitrogens with zero attached hydrogens (tertiary/aromatic N) is 1. The maximum atomic E-state index is 12.6. The van der Waals surface area contributed by atoms with Gasteiger partial charge < -0.3 is 10.1 Å². The molecule has 0 atom stereocenters. The van der Waals surface area contributed by atoms with Crippen LogP contribution in [0, 0.1) is 17.0 Å². The Balaban J connectivity index is 2.04. The number of carbonyl (C=O) groups excluding carboxylic acids is 1. The highest BCUT2D eigenvalue weighted by atomic mass is 32.1. The Bertz CT molecular complexity index is 870. The summed E-state index contributed by atoms with van der Waals surface area (Å²) in [4.78, 5) is 23.0. The third-order valence-corrected chi connectivity index (χ3v) is 4.25. The summed E-state index contributed by atoms with van der Waals surface area (Å²) >= 11 is 5.19. The maximum absolute atomic E-state index is 12.6. The second kappa shape index (κ2) is 10.4. The van der Waals surface area contributed by atoms with Crippen molar-refractivity contribution in [3.63, 3.8) is 0 Å². The fourth-order valence-corrected chi connectivity index (χ4v) is 2.70. The number of hydrogen-bond acceptors (Lipinski definition) is 5. The summed E-state index contributed by atoms with van der Waals surface area (Å²) in [5.74, 6) is 0.0807. The van der Waals surface area contributed by atoms with Gasteiger partial charge in [-0.3, -0.25) is 20.2 Å². The summed E-state index contributed by atoms with van der Waals surface area (Å²) in [5.41, 5.74) is 1.54. The van der Waals surface area contributed by atoms with Crippen molar-refractivity contribution < 1.29 is 14.5 Å². The Hall–Kier alpha value is -3.00. The van der Waals surface area contributed by atoms with E-state index in [1.165, 1.54) is 12.1 Å². The van der Waals surface area contributed by atoms with E-state index in [2.05, 4.69) is 17.6 Å². The van der Waals surface area contributed by atoms with Crippen LogP contribution in [0.4, 0.5) is 11.4 Å². The Kier molecular flexibility index (Phi) is 7.88. The van der Waals surface area contributed by atoms with Gasteiger partial charge in [-0.05, 0) is 43.3 Å². The molecular formula is C20H23N3O4S. The molecule has 28 heavy (non-hydrogen) atoms. The van der Waals surface area contributed by atoms with Gasteiger partial charge in [0.15, 0.2) is 5.11 Å². The van der Waals surface area contributed by atoms with Crippen LogP contribution in [-0.2, 0) is 0 Å². The number of thiocarbonyl (C=S) groups is 1. The minimum absolute atomic E-state index is 0.0504. The molecule has 0 bridgehead atoms. The largest absolute Gasteiger partial charge is 0.493 e. The van der Waals surface area contributed by atoms with Crippen molar-refractivity contribution in [1.29, 1.82) is 0 Å². The van der Waals surface area contributed by atoms with Gasteiger partial charge in [0.2, 0.25) is 0 Å². The van der Waals surface area contributed by atoms with Crippen LogP contribution in [0.15, 0.2) is 42.5 Å². The second-order valence-electron chi connectivity index (χ2n) is 6.22. The second-order valence-corrected chi connectivity index (χ2v) is 6.62. The molecule has 2 aromatic carbocycles. The van der Waals surface area contributed by atoms with Crippen molar-refractivity contribution in [2.45, 2.75) is 33.1 Å². The molecule has 0 spiro atoms. The molecule has 0 aliphatic rings. The van der Waals surface area contributed by atoms with Gasteiger partial charge in [-0.25, -0.2) is 0 Å². The van der Waals surface area contributed by atoms with Crippen molar-refractivity contribution in [3.05, 3.63) is 63.7 Å². The highest BCUT2D eigenvalue weighted by molar-refractivity contribution is 7.80. The zero-order valence-electron chi connectivity index (χ0n) is 15.9. The number of para-hydroxylation sites is 1. The Morgan fingerprint density at radius 2 is 1.96 bits per heavy atom. The van der Waals surface area contributed by atoms with E-state index in [1.807, 2.05) is 0 Å². The van der Waals surface area contributed by atoms with Crippen LogP contribution in [0.5, 0.6) is 5.75 Å². The van der Waals surface area contributed by atoms with E-state index in [-0.39, 0.29) is 10.8 Å². The van der Waals surface area contributed by atoms with E-state index in [1.54, 1.807) is 37.3 Å². The van der Waals surface area contributed by atoms with Gasteiger partial charge in [0.05, 0.1) is 17.1 Å². The van der Waals surface area contributed by atoms with Gasteiger partial charge in [-0.1, -0.05) is 38.0 Å². The Morgan fingerprint density at radius 1 is 1.21 bits per heavy atom. The normalized spacial score (nSPS) is 10.2. The maximum Gasteiger partial charge on any atom is 0.271 e. The quantitative estimate of drug-likeness (QED) is 0.291. The zero-order chi connectivity index (χ0) is 20.5. The molecule has 0 unspecified atom stereocenters. The summed E-state index contributed by atoms with van der Waals surface area (Å²) in [7, 11) is 0. The summed E-state index contributed by atoms with van der Waals surface area (Å²) in [6.07, 6.45) is 3.06. The molecule has 1 amide bonds. The number of hydrogen-bond donors (Lipinski definition) is 2. The number of carbonyl (C=O) groups is 1. The van der Waals surface area contributed by atoms with Gasteiger partial charge >= 0.3 is 0 Å². The van der Waals surface area contributed by atoms with Crippen LogP contribution in [0.2, 0.25) is 0 Å². The summed E-state index contributed by atoms with van der Waals surface area (Å²) in [6.45, 7) is 4.43. The molecule has 2 N–H and O–H groups in total. The van der Waals surface area contributed by atoms with E-state index in [0.29, 0.717) is 23.6 Å². The minimum Gasteiger partial charge on any atom is -0.493 e. The monoisotopic (exact) mass is 401 g/mol. The third-order valence-electron chi connectivity index (χ3n) is 4.04. The van der Waals surface area contributed by atoms with Crippen molar-refractivity contribution >= 4 is 34.6 Å². The van der Waals surface area contributed by atoms with E-state index in [9.17, 15) is 14.9 Å². The van der Waals surface area contributed by atoms with Crippen molar-refractivity contribution in [3.8, 4) is 5.75 Å². The standard InChI is InChI=1S/C20H23N3O4S/c1-3-4-7-12-27-18-9-6-5-8-16(18)19(24)22-20(28)21-17-13-15(23(25)26)11-10-14(17)2/h5-6,8-11,13H,3-4,7,12H2,1-2H3,(H2,21,22,24,28). The lowest BCUT2D eigenvalue weighted by atomic mass is 10.2. The molecule has 2 rings (SSSR count). The smallest absolute Gasteiger partial charge is 0.271 e. The average Bonchev–Trinajstić information content (AvgIpc) is 2.67. The lowest BCUT2D eigenvalue weighted by molar-refractivity contribution is -0.384. The highest BCUT2D eigenvalue weighted by Crippen LogP contribution is 2.22. The average molecular weight is 401 g/mol. The van der Waals surface area contributed by atoms with Crippen molar-refractivity contribution in [2.24, 2.45) is 0 Å². The van der Waals surface area contributed by atoms with Gasteiger partial charge in [-0.2, -0.15) is 0 Å². The predicted molar refractivity (Wildman–Crippen MR) is 113 cm³/mol.